The molecule has 19 heavy (non-hydrogen) atoms. The summed E-state index contributed by atoms with van der Waals surface area (Å²) >= 11 is 1.83. The zero-order valence-corrected chi connectivity index (χ0v) is 13.4. The molecule has 2 atom stereocenters. The van der Waals surface area contributed by atoms with Crippen LogP contribution >= 0.6 is 11.8 Å². The van der Waals surface area contributed by atoms with Crippen molar-refractivity contribution in [2.24, 2.45) is 0 Å². The maximum absolute atomic E-state index is 14.2. The van der Waals surface area contributed by atoms with Crippen LogP contribution in [0, 0.1) is 5.82 Å². The van der Waals surface area contributed by atoms with Crippen LogP contribution < -0.4 is 10.2 Å². The minimum atomic E-state index is -0.141. The van der Waals surface area contributed by atoms with Gasteiger partial charge in [-0.1, -0.05) is 6.07 Å². The minimum Gasteiger partial charge on any atom is -0.369 e. The van der Waals surface area contributed by atoms with E-state index in [0.717, 1.165) is 17.7 Å². The first-order valence-corrected chi connectivity index (χ1v) is 8.09. The standard InChI is InChI=1S/C15H25FN2S/c1-11(8-9-19-5)18(4)15-7-6-13(10-14(15)16)12(2)17-3/h6-7,10-12,17H,8-9H2,1-5H3. The van der Waals surface area contributed by atoms with Crippen molar-refractivity contribution in [3.8, 4) is 0 Å². The lowest BCUT2D eigenvalue weighted by atomic mass is 10.1. The average Bonchev–Trinajstić information content (AvgIpc) is 2.42. The number of hydrogen-bond donors (Lipinski definition) is 1. The number of benzene rings is 1. The van der Waals surface area contributed by atoms with Gasteiger partial charge in [-0.15, -0.1) is 0 Å². The van der Waals surface area contributed by atoms with E-state index in [4.69, 9.17) is 0 Å². The smallest absolute Gasteiger partial charge is 0.146 e. The van der Waals surface area contributed by atoms with Gasteiger partial charge in [0.05, 0.1) is 5.69 Å². The van der Waals surface area contributed by atoms with E-state index in [1.54, 1.807) is 6.07 Å². The Morgan fingerprint density at radius 1 is 1.37 bits per heavy atom. The second kappa shape index (κ2) is 7.75. The van der Waals surface area contributed by atoms with Gasteiger partial charge in [0, 0.05) is 19.1 Å². The summed E-state index contributed by atoms with van der Waals surface area (Å²) in [5.74, 6) is 0.959. The molecule has 0 saturated carbocycles. The summed E-state index contributed by atoms with van der Waals surface area (Å²) in [5.41, 5.74) is 1.66. The van der Waals surface area contributed by atoms with Crippen molar-refractivity contribution in [3.63, 3.8) is 0 Å². The second-order valence-electron chi connectivity index (χ2n) is 4.96. The molecule has 0 radical (unpaired) electrons. The topological polar surface area (TPSA) is 15.3 Å². The summed E-state index contributed by atoms with van der Waals surface area (Å²) in [5, 5.41) is 3.12. The van der Waals surface area contributed by atoms with Gasteiger partial charge in [-0.2, -0.15) is 11.8 Å². The van der Waals surface area contributed by atoms with E-state index in [2.05, 4.69) is 18.5 Å². The highest BCUT2D eigenvalue weighted by Crippen LogP contribution is 2.24. The lowest BCUT2D eigenvalue weighted by molar-refractivity contribution is 0.590. The van der Waals surface area contributed by atoms with Gasteiger partial charge in [0.1, 0.15) is 5.82 Å². The quantitative estimate of drug-likeness (QED) is 0.822. The zero-order valence-electron chi connectivity index (χ0n) is 12.5. The van der Waals surface area contributed by atoms with E-state index in [0.29, 0.717) is 11.7 Å². The maximum atomic E-state index is 14.2. The maximum Gasteiger partial charge on any atom is 0.146 e. The molecule has 1 aromatic rings. The Hall–Kier alpha value is -0.740. The third-order valence-corrected chi connectivity index (χ3v) is 4.33. The molecule has 108 valence electrons. The summed E-state index contributed by atoms with van der Waals surface area (Å²) in [6, 6.07) is 6.03. The van der Waals surface area contributed by atoms with Crippen LogP contribution in [0.3, 0.4) is 0 Å². The summed E-state index contributed by atoms with van der Waals surface area (Å²) < 4.78 is 14.2. The van der Waals surface area contributed by atoms with Crippen molar-refractivity contribution in [1.29, 1.82) is 0 Å². The van der Waals surface area contributed by atoms with E-state index >= 15 is 0 Å². The molecule has 0 fully saturated rings. The van der Waals surface area contributed by atoms with Crippen LogP contribution in [0.25, 0.3) is 0 Å². The van der Waals surface area contributed by atoms with E-state index in [9.17, 15) is 4.39 Å². The first-order valence-electron chi connectivity index (χ1n) is 6.69. The van der Waals surface area contributed by atoms with Crippen LogP contribution in [0.4, 0.5) is 10.1 Å². The van der Waals surface area contributed by atoms with Crippen molar-refractivity contribution in [2.75, 3.05) is 31.0 Å². The molecule has 0 aliphatic carbocycles. The van der Waals surface area contributed by atoms with E-state index in [1.807, 2.05) is 49.8 Å². The number of rotatable bonds is 7. The molecule has 0 saturated heterocycles. The van der Waals surface area contributed by atoms with Gasteiger partial charge in [-0.3, -0.25) is 0 Å². The van der Waals surface area contributed by atoms with Crippen molar-refractivity contribution in [2.45, 2.75) is 32.4 Å². The lowest BCUT2D eigenvalue weighted by Crippen LogP contribution is -2.30. The highest BCUT2D eigenvalue weighted by atomic mass is 32.2. The monoisotopic (exact) mass is 284 g/mol. The van der Waals surface area contributed by atoms with Crippen molar-refractivity contribution in [1.82, 2.24) is 5.32 Å². The lowest BCUT2D eigenvalue weighted by Gasteiger charge is -2.27. The van der Waals surface area contributed by atoms with Crippen molar-refractivity contribution < 1.29 is 4.39 Å². The number of anilines is 1. The molecular weight excluding hydrogens is 259 g/mol. The Labute approximate surface area is 120 Å². The Kier molecular flexibility index (Phi) is 6.66. The Balaban J connectivity index is 2.83. The average molecular weight is 284 g/mol. The van der Waals surface area contributed by atoms with E-state index in [1.165, 1.54) is 0 Å². The molecular formula is C15H25FN2S. The molecule has 2 nitrogen and oxygen atoms in total. The van der Waals surface area contributed by atoms with Gasteiger partial charge in [-0.25, -0.2) is 4.39 Å². The first kappa shape index (κ1) is 16.3. The Morgan fingerprint density at radius 3 is 2.58 bits per heavy atom. The third kappa shape index (κ3) is 4.39. The molecule has 0 heterocycles. The highest BCUT2D eigenvalue weighted by molar-refractivity contribution is 7.98. The third-order valence-electron chi connectivity index (χ3n) is 3.69. The SMILES string of the molecule is CNC(C)c1ccc(N(C)C(C)CCSC)c(F)c1. The van der Waals surface area contributed by atoms with E-state index < -0.39 is 0 Å². The van der Waals surface area contributed by atoms with Crippen molar-refractivity contribution >= 4 is 17.4 Å². The largest absolute Gasteiger partial charge is 0.369 e. The van der Waals surface area contributed by atoms with Gasteiger partial charge in [0.25, 0.3) is 0 Å². The zero-order chi connectivity index (χ0) is 14.4. The molecule has 0 aliphatic rings. The van der Waals surface area contributed by atoms with Gasteiger partial charge in [0.15, 0.2) is 0 Å². The van der Waals surface area contributed by atoms with Crippen LogP contribution in [0.5, 0.6) is 0 Å². The molecule has 0 aliphatic heterocycles. The Morgan fingerprint density at radius 2 is 2.05 bits per heavy atom. The highest BCUT2D eigenvalue weighted by Gasteiger charge is 2.15. The van der Waals surface area contributed by atoms with Crippen LogP contribution in [-0.2, 0) is 0 Å². The Bertz CT molecular complexity index is 398. The van der Waals surface area contributed by atoms with E-state index in [-0.39, 0.29) is 11.9 Å². The summed E-state index contributed by atoms with van der Waals surface area (Å²) in [6.45, 7) is 4.17. The van der Waals surface area contributed by atoms with Crippen molar-refractivity contribution in [3.05, 3.63) is 29.6 Å². The predicted octanol–water partition coefficient (Wildman–Crippen LogP) is 3.68. The van der Waals surface area contributed by atoms with Gasteiger partial charge < -0.3 is 10.2 Å². The number of hydrogen-bond acceptors (Lipinski definition) is 3. The molecule has 0 bridgehead atoms. The van der Waals surface area contributed by atoms with Crippen LogP contribution in [0.2, 0.25) is 0 Å². The molecule has 1 rings (SSSR count). The molecule has 4 heteroatoms. The van der Waals surface area contributed by atoms with Crippen LogP contribution in [0.15, 0.2) is 18.2 Å². The number of thioether (sulfide) groups is 1. The molecule has 1 aromatic carbocycles. The fourth-order valence-corrected chi connectivity index (χ4v) is 2.54. The first-order chi connectivity index (χ1) is 9.01. The number of nitrogens with zero attached hydrogens (tertiary/aromatic N) is 1. The summed E-state index contributed by atoms with van der Waals surface area (Å²) in [7, 11) is 3.84. The van der Waals surface area contributed by atoms with Gasteiger partial charge in [0.2, 0.25) is 0 Å². The van der Waals surface area contributed by atoms with Crippen LogP contribution in [-0.4, -0.2) is 32.1 Å². The molecule has 2 unspecified atom stereocenters. The number of nitrogens with one attached hydrogen (secondary N) is 1. The molecule has 0 aromatic heterocycles. The fourth-order valence-electron chi connectivity index (χ4n) is 1.96. The number of halogens is 1. The molecule has 1 N–H and O–H groups in total. The summed E-state index contributed by atoms with van der Waals surface area (Å²) in [6.07, 6.45) is 3.16. The molecule has 0 spiro atoms. The van der Waals surface area contributed by atoms with Crippen LogP contribution in [0.1, 0.15) is 31.9 Å². The van der Waals surface area contributed by atoms with Gasteiger partial charge >= 0.3 is 0 Å². The summed E-state index contributed by atoms with van der Waals surface area (Å²) in [4.78, 5) is 2.03. The minimum absolute atomic E-state index is 0.141. The normalized spacial score (nSPS) is 14.2. The fraction of sp³-hybridized carbons (Fsp3) is 0.600. The second-order valence-corrected chi connectivity index (χ2v) is 5.95. The predicted molar refractivity (Wildman–Crippen MR) is 84.7 cm³/mol. The molecule has 0 amide bonds. The van der Waals surface area contributed by atoms with Gasteiger partial charge in [-0.05, 0) is 57.0 Å².